The predicted molar refractivity (Wildman–Crippen MR) is 56.3 cm³/mol. The van der Waals surface area contributed by atoms with Crippen LogP contribution in [0.4, 0.5) is 8.78 Å². The maximum absolute atomic E-state index is 13.5. The van der Waals surface area contributed by atoms with Gasteiger partial charge in [-0.2, -0.15) is 13.5 Å². The maximum atomic E-state index is 13.5. The van der Waals surface area contributed by atoms with Crippen molar-refractivity contribution < 1.29 is 13.5 Å². The standard InChI is InChI=1S/C11H8F2N2O2/c1-17-9-8(12)11(16)15(14-10(9)13)7-5-3-2-4-6-7/h2-6H,1H3. The molecule has 2 aromatic rings. The minimum Gasteiger partial charge on any atom is -0.489 e. The number of nitrogens with zero attached hydrogens (tertiary/aromatic N) is 2. The van der Waals surface area contributed by atoms with Crippen molar-refractivity contribution in [2.24, 2.45) is 0 Å². The number of hydrogen-bond acceptors (Lipinski definition) is 3. The summed E-state index contributed by atoms with van der Waals surface area (Å²) in [6, 6.07) is 8.00. The van der Waals surface area contributed by atoms with Crippen molar-refractivity contribution in [3.63, 3.8) is 0 Å². The van der Waals surface area contributed by atoms with Gasteiger partial charge in [0.25, 0.3) is 5.95 Å². The molecule has 0 N–H and O–H groups in total. The van der Waals surface area contributed by atoms with E-state index in [2.05, 4.69) is 9.84 Å². The van der Waals surface area contributed by atoms with E-state index in [1.807, 2.05) is 0 Å². The van der Waals surface area contributed by atoms with Crippen molar-refractivity contribution in [2.45, 2.75) is 0 Å². The summed E-state index contributed by atoms with van der Waals surface area (Å²) in [6.45, 7) is 0. The zero-order valence-electron chi connectivity index (χ0n) is 8.85. The first kappa shape index (κ1) is 11.3. The molecule has 0 spiro atoms. The molecule has 88 valence electrons. The highest BCUT2D eigenvalue weighted by Gasteiger charge is 2.18. The molecule has 2 rings (SSSR count). The number of hydrogen-bond donors (Lipinski definition) is 0. The molecule has 0 unspecified atom stereocenters. The van der Waals surface area contributed by atoms with E-state index in [9.17, 15) is 13.6 Å². The van der Waals surface area contributed by atoms with Crippen molar-refractivity contribution in [3.8, 4) is 11.4 Å². The Balaban J connectivity index is 2.70. The second-order valence-corrected chi connectivity index (χ2v) is 3.19. The van der Waals surface area contributed by atoms with Gasteiger partial charge in [0.1, 0.15) is 0 Å². The molecule has 1 heterocycles. The highest BCUT2D eigenvalue weighted by atomic mass is 19.1. The molecule has 0 aliphatic rings. The van der Waals surface area contributed by atoms with Crippen LogP contribution in [0, 0.1) is 11.8 Å². The average Bonchev–Trinajstić information content (AvgIpc) is 2.35. The number of rotatable bonds is 2. The molecule has 4 nitrogen and oxygen atoms in total. The molecule has 1 aromatic carbocycles. The number of halogens is 2. The Morgan fingerprint density at radius 2 is 1.88 bits per heavy atom. The van der Waals surface area contributed by atoms with E-state index < -0.39 is 23.1 Å². The average molecular weight is 238 g/mol. The second-order valence-electron chi connectivity index (χ2n) is 3.19. The lowest BCUT2D eigenvalue weighted by Crippen LogP contribution is -2.26. The first-order chi connectivity index (χ1) is 8.15. The fraction of sp³-hybridized carbons (Fsp3) is 0.0909. The van der Waals surface area contributed by atoms with Crippen LogP contribution >= 0.6 is 0 Å². The van der Waals surface area contributed by atoms with Gasteiger partial charge >= 0.3 is 5.56 Å². The van der Waals surface area contributed by atoms with Crippen LogP contribution in [0.25, 0.3) is 5.69 Å². The lowest BCUT2D eigenvalue weighted by atomic mass is 10.3. The molecule has 0 saturated carbocycles. The van der Waals surface area contributed by atoms with Crippen molar-refractivity contribution in [1.82, 2.24) is 9.78 Å². The highest BCUT2D eigenvalue weighted by molar-refractivity contribution is 5.31. The summed E-state index contributed by atoms with van der Waals surface area (Å²) >= 11 is 0. The summed E-state index contributed by atoms with van der Waals surface area (Å²) in [6.07, 6.45) is 0. The van der Waals surface area contributed by atoms with Gasteiger partial charge in [-0.1, -0.05) is 18.2 Å². The van der Waals surface area contributed by atoms with E-state index in [1.165, 1.54) is 12.1 Å². The number of ether oxygens (including phenoxy) is 1. The number of aromatic nitrogens is 2. The Labute approximate surface area is 95.1 Å². The molecule has 0 aliphatic carbocycles. The number of methoxy groups -OCH3 is 1. The summed E-state index contributed by atoms with van der Waals surface area (Å²) in [4.78, 5) is 11.6. The van der Waals surface area contributed by atoms with E-state index in [4.69, 9.17) is 0 Å². The van der Waals surface area contributed by atoms with E-state index in [0.29, 0.717) is 4.68 Å². The van der Waals surface area contributed by atoms with E-state index in [-0.39, 0.29) is 5.69 Å². The highest BCUT2D eigenvalue weighted by Crippen LogP contribution is 2.16. The SMILES string of the molecule is COc1c(F)nn(-c2ccccc2)c(=O)c1F. The topological polar surface area (TPSA) is 44.1 Å². The van der Waals surface area contributed by atoms with Gasteiger partial charge in [0, 0.05) is 0 Å². The van der Waals surface area contributed by atoms with E-state index in [0.717, 1.165) is 7.11 Å². The van der Waals surface area contributed by atoms with Crippen LogP contribution < -0.4 is 10.3 Å². The molecule has 6 heteroatoms. The minimum absolute atomic E-state index is 0.276. The van der Waals surface area contributed by atoms with Crippen LogP contribution in [-0.4, -0.2) is 16.9 Å². The predicted octanol–water partition coefficient (Wildman–Crippen LogP) is 1.52. The summed E-state index contributed by atoms with van der Waals surface area (Å²) < 4.78 is 31.9. The Kier molecular flexibility index (Phi) is 2.86. The van der Waals surface area contributed by atoms with Crippen molar-refractivity contribution in [3.05, 3.63) is 52.5 Å². The third kappa shape index (κ3) is 1.89. The Bertz CT molecular complexity index is 596. The van der Waals surface area contributed by atoms with Crippen LogP contribution in [0.2, 0.25) is 0 Å². The van der Waals surface area contributed by atoms with Gasteiger partial charge in [0.05, 0.1) is 12.8 Å². The second kappa shape index (κ2) is 4.32. The van der Waals surface area contributed by atoms with Gasteiger partial charge < -0.3 is 4.74 Å². The van der Waals surface area contributed by atoms with Gasteiger partial charge in [0.2, 0.25) is 11.6 Å². The van der Waals surface area contributed by atoms with Gasteiger partial charge in [0.15, 0.2) is 0 Å². The molecule has 0 atom stereocenters. The molecule has 1 aromatic heterocycles. The van der Waals surface area contributed by atoms with Crippen molar-refractivity contribution >= 4 is 0 Å². The van der Waals surface area contributed by atoms with Crippen LogP contribution in [0.5, 0.6) is 5.75 Å². The minimum atomic E-state index is -1.30. The molecule has 17 heavy (non-hydrogen) atoms. The third-order valence-electron chi connectivity index (χ3n) is 2.16. The van der Waals surface area contributed by atoms with Crippen molar-refractivity contribution in [2.75, 3.05) is 7.11 Å². The number of para-hydroxylation sites is 1. The zero-order valence-corrected chi connectivity index (χ0v) is 8.85. The quantitative estimate of drug-likeness (QED) is 0.796. The Morgan fingerprint density at radius 3 is 2.47 bits per heavy atom. The first-order valence-corrected chi connectivity index (χ1v) is 4.73. The molecule has 0 saturated heterocycles. The molecule has 0 aliphatic heterocycles. The van der Waals surface area contributed by atoms with Crippen LogP contribution in [0.3, 0.4) is 0 Å². The normalized spacial score (nSPS) is 10.3. The lowest BCUT2D eigenvalue weighted by Gasteiger charge is -2.07. The largest absolute Gasteiger partial charge is 0.489 e. The molecular weight excluding hydrogens is 230 g/mol. The van der Waals surface area contributed by atoms with Crippen LogP contribution in [0.1, 0.15) is 0 Å². The number of benzene rings is 1. The van der Waals surface area contributed by atoms with Gasteiger partial charge in [-0.3, -0.25) is 4.79 Å². The molecule has 0 amide bonds. The summed E-state index contributed by atoms with van der Waals surface area (Å²) in [5.41, 5.74) is -0.785. The van der Waals surface area contributed by atoms with Gasteiger partial charge in [-0.25, -0.2) is 0 Å². The lowest BCUT2D eigenvalue weighted by molar-refractivity contribution is 0.337. The summed E-state index contributed by atoms with van der Waals surface area (Å²) in [7, 11) is 1.06. The maximum Gasteiger partial charge on any atom is 0.311 e. The molecular formula is C11H8F2N2O2. The van der Waals surface area contributed by atoms with E-state index in [1.54, 1.807) is 18.2 Å². The summed E-state index contributed by atoms with van der Waals surface area (Å²) in [5, 5.41) is 3.35. The van der Waals surface area contributed by atoms with Gasteiger partial charge in [-0.05, 0) is 12.1 Å². The van der Waals surface area contributed by atoms with Crippen LogP contribution in [0.15, 0.2) is 35.1 Å². The molecule has 0 fully saturated rings. The monoisotopic (exact) mass is 238 g/mol. The fourth-order valence-electron chi connectivity index (χ4n) is 1.38. The Hall–Kier alpha value is -2.24. The van der Waals surface area contributed by atoms with Crippen molar-refractivity contribution in [1.29, 1.82) is 0 Å². The Morgan fingerprint density at radius 1 is 1.24 bits per heavy atom. The molecule has 0 radical (unpaired) electrons. The first-order valence-electron chi connectivity index (χ1n) is 4.73. The molecule has 0 bridgehead atoms. The zero-order chi connectivity index (χ0) is 12.4. The fourth-order valence-corrected chi connectivity index (χ4v) is 1.38. The van der Waals surface area contributed by atoms with Gasteiger partial charge in [-0.15, -0.1) is 5.10 Å². The summed E-state index contributed by atoms with van der Waals surface area (Å²) in [5.74, 6) is -3.25. The third-order valence-corrected chi connectivity index (χ3v) is 2.16. The smallest absolute Gasteiger partial charge is 0.311 e. The van der Waals surface area contributed by atoms with Crippen LogP contribution in [-0.2, 0) is 0 Å². The van der Waals surface area contributed by atoms with E-state index >= 15 is 0 Å².